The monoisotopic (exact) mass is 444 g/mol. The number of rotatable bonds is 7. The number of amides is 1. The van der Waals surface area contributed by atoms with Crippen molar-refractivity contribution < 1.29 is 19.4 Å². The lowest BCUT2D eigenvalue weighted by atomic mass is 10.0. The summed E-state index contributed by atoms with van der Waals surface area (Å²) in [6.07, 6.45) is 6.61. The number of carbonyl (C=O) groups is 2. The number of anilines is 1. The number of aryl methyl sites for hydroxylation is 1. The number of pyridine rings is 1. The molecule has 4 rings (SSSR count). The molecule has 2 aromatic rings. The number of likely N-dealkylation sites (tertiary alicyclic amines) is 1. The Bertz CT molecular complexity index is 963. The second-order valence-electron chi connectivity index (χ2n) is 8.57. The smallest absolute Gasteiger partial charge is 0.320 e. The molecule has 2 fully saturated rings. The first-order valence-corrected chi connectivity index (χ1v) is 11.4. The topological polar surface area (TPSA) is 122 Å². The van der Waals surface area contributed by atoms with Crippen molar-refractivity contribution in [2.45, 2.75) is 64.2 Å². The molecule has 0 spiro atoms. The highest BCUT2D eigenvalue weighted by Gasteiger charge is 2.28. The van der Waals surface area contributed by atoms with Crippen LogP contribution in [0.25, 0.3) is 11.0 Å². The average Bonchev–Trinajstić information content (AvgIpc) is 3.23. The number of aromatic nitrogens is 3. The Kier molecular flexibility index (Phi) is 6.90. The van der Waals surface area contributed by atoms with Crippen LogP contribution in [0.4, 0.5) is 5.69 Å². The van der Waals surface area contributed by atoms with Gasteiger partial charge in [-0.2, -0.15) is 5.10 Å². The Labute approximate surface area is 187 Å². The number of carboxylic acids is 1. The van der Waals surface area contributed by atoms with E-state index in [9.17, 15) is 14.7 Å². The number of carboxylic acid groups (broad SMARTS) is 1. The van der Waals surface area contributed by atoms with Gasteiger partial charge in [0.2, 0.25) is 0 Å². The van der Waals surface area contributed by atoms with Crippen molar-refractivity contribution in [2.75, 3.05) is 31.6 Å². The number of hydrogen-bond donors (Lipinski definition) is 3. The summed E-state index contributed by atoms with van der Waals surface area (Å²) in [6, 6.07) is -0.278. The standard InChI is InChI=1S/C22H32N6O4/c1-3-28-20-17(13-24-28)19(25-16-6-10-32-11-7-16)18(12-23-20)21(29)26-15-4-8-27(9-5-15)14(2)22(30)31/h12-16H,3-11H2,1-2H3,(H,23,25)(H,26,29)(H,30,31). The van der Waals surface area contributed by atoms with Gasteiger partial charge in [0.05, 0.1) is 22.8 Å². The molecule has 10 nitrogen and oxygen atoms in total. The molecule has 0 aliphatic carbocycles. The zero-order chi connectivity index (χ0) is 22.7. The zero-order valence-electron chi connectivity index (χ0n) is 18.7. The molecule has 0 radical (unpaired) electrons. The van der Waals surface area contributed by atoms with Crippen molar-refractivity contribution in [3.8, 4) is 0 Å². The van der Waals surface area contributed by atoms with Gasteiger partial charge in [-0.1, -0.05) is 0 Å². The molecule has 0 bridgehead atoms. The molecular weight excluding hydrogens is 412 g/mol. The molecule has 2 aromatic heterocycles. The lowest BCUT2D eigenvalue weighted by Gasteiger charge is -2.34. The van der Waals surface area contributed by atoms with Crippen molar-refractivity contribution in [3.63, 3.8) is 0 Å². The normalized spacial score (nSPS) is 19.7. The predicted octanol–water partition coefficient (Wildman–Crippen LogP) is 1.71. The van der Waals surface area contributed by atoms with Gasteiger partial charge in [-0.3, -0.25) is 14.5 Å². The van der Waals surface area contributed by atoms with Crippen LogP contribution in [0.5, 0.6) is 0 Å². The fraction of sp³-hybridized carbons (Fsp3) is 0.636. The number of carbonyl (C=O) groups excluding carboxylic acids is 1. The Morgan fingerprint density at radius 3 is 2.56 bits per heavy atom. The molecule has 2 saturated heterocycles. The molecule has 3 N–H and O–H groups in total. The van der Waals surface area contributed by atoms with Gasteiger partial charge >= 0.3 is 5.97 Å². The van der Waals surface area contributed by atoms with E-state index in [4.69, 9.17) is 4.74 Å². The van der Waals surface area contributed by atoms with E-state index in [-0.39, 0.29) is 18.0 Å². The van der Waals surface area contributed by atoms with Crippen molar-refractivity contribution in [2.24, 2.45) is 0 Å². The van der Waals surface area contributed by atoms with Gasteiger partial charge in [-0.05, 0) is 39.5 Å². The maximum Gasteiger partial charge on any atom is 0.320 e. The van der Waals surface area contributed by atoms with Crippen LogP contribution in [-0.4, -0.2) is 81.1 Å². The fourth-order valence-electron chi connectivity index (χ4n) is 4.48. The molecule has 32 heavy (non-hydrogen) atoms. The quantitative estimate of drug-likeness (QED) is 0.590. The third-order valence-corrected chi connectivity index (χ3v) is 6.55. The second kappa shape index (κ2) is 9.83. The number of nitrogens with zero attached hydrogens (tertiary/aromatic N) is 4. The predicted molar refractivity (Wildman–Crippen MR) is 120 cm³/mol. The van der Waals surface area contributed by atoms with Crippen LogP contribution in [0, 0.1) is 0 Å². The number of aliphatic carboxylic acids is 1. The SMILES string of the molecule is CCn1ncc2c(NC3CCOCC3)c(C(=O)NC3CCN(C(C)C(=O)O)CC3)cnc21. The van der Waals surface area contributed by atoms with E-state index in [0.29, 0.717) is 38.4 Å². The van der Waals surface area contributed by atoms with E-state index in [2.05, 4.69) is 20.7 Å². The molecule has 10 heteroatoms. The highest BCUT2D eigenvalue weighted by molar-refractivity contribution is 6.06. The third kappa shape index (κ3) is 4.71. The third-order valence-electron chi connectivity index (χ3n) is 6.55. The van der Waals surface area contributed by atoms with E-state index in [1.807, 2.05) is 16.5 Å². The highest BCUT2D eigenvalue weighted by atomic mass is 16.5. The summed E-state index contributed by atoms with van der Waals surface area (Å²) >= 11 is 0. The first kappa shape index (κ1) is 22.5. The lowest BCUT2D eigenvalue weighted by molar-refractivity contribution is -0.143. The first-order chi connectivity index (χ1) is 15.5. The lowest BCUT2D eigenvalue weighted by Crippen LogP contribution is -2.49. The zero-order valence-corrected chi connectivity index (χ0v) is 18.7. The second-order valence-corrected chi connectivity index (χ2v) is 8.57. The maximum atomic E-state index is 13.3. The molecule has 0 saturated carbocycles. The van der Waals surface area contributed by atoms with E-state index in [1.54, 1.807) is 19.3 Å². The van der Waals surface area contributed by atoms with Gasteiger partial charge in [0.1, 0.15) is 6.04 Å². The van der Waals surface area contributed by atoms with Gasteiger partial charge in [0.25, 0.3) is 5.91 Å². The highest BCUT2D eigenvalue weighted by Crippen LogP contribution is 2.28. The summed E-state index contributed by atoms with van der Waals surface area (Å²) in [5.41, 5.74) is 2.05. The summed E-state index contributed by atoms with van der Waals surface area (Å²) in [5, 5.41) is 21.2. The van der Waals surface area contributed by atoms with Crippen LogP contribution in [0.1, 0.15) is 49.9 Å². The summed E-state index contributed by atoms with van der Waals surface area (Å²) in [7, 11) is 0. The molecule has 174 valence electrons. The van der Waals surface area contributed by atoms with Gasteiger partial charge in [-0.25, -0.2) is 9.67 Å². The summed E-state index contributed by atoms with van der Waals surface area (Å²) < 4.78 is 7.30. The van der Waals surface area contributed by atoms with E-state index in [1.165, 1.54) is 0 Å². The minimum absolute atomic E-state index is 0.00439. The first-order valence-electron chi connectivity index (χ1n) is 11.4. The Balaban J connectivity index is 1.52. The van der Waals surface area contributed by atoms with Crippen LogP contribution in [-0.2, 0) is 16.1 Å². The molecule has 0 aromatic carbocycles. The fourth-order valence-corrected chi connectivity index (χ4v) is 4.48. The molecule has 2 aliphatic rings. The minimum Gasteiger partial charge on any atom is -0.480 e. The molecule has 4 heterocycles. The van der Waals surface area contributed by atoms with E-state index < -0.39 is 12.0 Å². The minimum atomic E-state index is -0.816. The molecule has 1 unspecified atom stereocenters. The number of piperidine rings is 1. The van der Waals surface area contributed by atoms with Gasteiger partial charge < -0.3 is 20.5 Å². The Hall–Kier alpha value is -2.72. The Morgan fingerprint density at radius 1 is 1.19 bits per heavy atom. The van der Waals surface area contributed by atoms with Crippen LogP contribution in [0.15, 0.2) is 12.4 Å². The number of ether oxygens (including phenoxy) is 1. The number of hydrogen-bond acceptors (Lipinski definition) is 7. The van der Waals surface area contributed by atoms with Crippen molar-refractivity contribution in [3.05, 3.63) is 18.0 Å². The van der Waals surface area contributed by atoms with Gasteiger partial charge in [-0.15, -0.1) is 0 Å². The summed E-state index contributed by atoms with van der Waals surface area (Å²) in [6.45, 7) is 7.11. The summed E-state index contributed by atoms with van der Waals surface area (Å²) in [5.74, 6) is -0.980. The molecular formula is C22H32N6O4. The van der Waals surface area contributed by atoms with E-state index in [0.717, 1.165) is 42.4 Å². The molecule has 1 amide bonds. The number of fused-ring (bicyclic) bond motifs is 1. The van der Waals surface area contributed by atoms with Gasteiger partial charge in [0, 0.05) is 51.1 Å². The van der Waals surface area contributed by atoms with Crippen LogP contribution in [0.3, 0.4) is 0 Å². The van der Waals surface area contributed by atoms with Crippen LogP contribution < -0.4 is 10.6 Å². The van der Waals surface area contributed by atoms with Crippen LogP contribution in [0.2, 0.25) is 0 Å². The Morgan fingerprint density at radius 2 is 1.91 bits per heavy atom. The summed E-state index contributed by atoms with van der Waals surface area (Å²) in [4.78, 5) is 31.0. The maximum absolute atomic E-state index is 13.3. The molecule has 2 aliphatic heterocycles. The average molecular weight is 445 g/mol. The largest absolute Gasteiger partial charge is 0.480 e. The number of nitrogens with one attached hydrogen (secondary N) is 2. The van der Waals surface area contributed by atoms with Crippen LogP contribution >= 0.6 is 0 Å². The van der Waals surface area contributed by atoms with Crippen molar-refractivity contribution in [1.29, 1.82) is 0 Å². The van der Waals surface area contributed by atoms with E-state index >= 15 is 0 Å². The van der Waals surface area contributed by atoms with Crippen molar-refractivity contribution in [1.82, 2.24) is 25.0 Å². The van der Waals surface area contributed by atoms with Gasteiger partial charge in [0.15, 0.2) is 5.65 Å². The molecule has 1 atom stereocenters. The van der Waals surface area contributed by atoms with Crippen molar-refractivity contribution >= 4 is 28.6 Å².